The van der Waals surface area contributed by atoms with Gasteiger partial charge in [-0.05, 0) is 38.1 Å². The van der Waals surface area contributed by atoms with Crippen LogP contribution in [-0.4, -0.2) is 32.4 Å². The fourth-order valence-corrected chi connectivity index (χ4v) is 1.59. The summed E-state index contributed by atoms with van der Waals surface area (Å²) >= 11 is 0. The predicted molar refractivity (Wildman–Crippen MR) is 64.0 cm³/mol. The van der Waals surface area contributed by atoms with Crippen LogP contribution in [0.5, 0.6) is 5.75 Å². The van der Waals surface area contributed by atoms with Gasteiger partial charge >= 0.3 is 5.97 Å². The van der Waals surface area contributed by atoms with Crippen LogP contribution in [-0.2, 0) is 4.79 Å². The lowest BCUT2D eigenvalue weighted by molar-refractivity contribution is -0.139. The Morgan fingerprint density at radius 3 is 2.50 bits per heavy atom. The zero-order valence-corrected chi connectivity index (χ0v) is 10.1. The molecule has 0 saturated carbocycles. The Hall–Kier alpha value is -2.37. The van der Waals surface area contributed by atoms with Crippen molar-refractivity contribution in [3.05, 3.63) is 35.9 Å². The quantitative estimate of drug-likeness (QED) is 0.882. The first-order chi connectivity index (χ1) is 8.56. The maximum absolute atomic E-state index is 10.4. The summed E-state index contributed by atoms with van der Waals surface area (Å²) in [7, 11) is 0. The average molecular weight is 247 g/mol. The molecule has 0 aliphatic heterocycles. The first kappa shape index (κ1) is 12.1. The second-order valence-corrected chi connectivity index (χ2v) is 3.79. The van der Waals surface area contributed by atoms with Gasteiger partial charge in [0.2, 0.25) is 0 Å². The molecule has 6 nitrogen and oxygen atoms in total. The van der Waals surface area contributed by atoms with Crippen molar-refractivity contribution in [2.24, 2.45) is 0 Å². The van der Waals surface area contributed by atoms with Crippen molar-refractivity contribution >= 4 is 5.97 Å². The molecule has 0 unspecified atom stereocenters. The molecule has 1 heterocycles. The molecule has 0 atom stereocenters. The number of hydrogen-bond acceptors (Lipinski definition) is 4. The van der Waals surface area contributed by atoms with Gasteiger partial charge in [-0.1, -0.05) is 0 Å². The molecule has 0 saturated heterocycles. The summed E-state index contributed by atoms with van der Waals surface area (Å²) in [4.78, 5) is 14.6. The van der Waals surface area contributed by atoms with E-state index in [1.165, 1.54) is 0 Å². The second kappa shape index (κ2) is 4.87. The standard InChI is InChI=1S/C12H13N3O3/c1-8-13-9(2)15(14-8)10-3-5-11(6-4-10)18-7-12(16)17/h3-6H,7H2,1-2H3,(H,16,17). The molecule has 0 spiro atoms. The van der Waals surface area contributed by atoms with E-state index in [0.717, 1.165) is 11.5 Å². The first-order valence-electron chi connectivity index (χ1n) is 5.41. The molecule has 0 amide bonds. The van der Waals surface area contributed by atoms with E-state index in [1.54, 1.807) is 28.9 Å². The Morgan fingerprint density at radius 2 is 2.00 bits per heavy atom. The molecule has 0 fully saturated rings. The van der Waals surface area contributed by atoms with Crippen LogP contribution in [0.25, 0.3) is 5.69 Å². The van der Waals surface area contributed by atoms with Crippen molar-refractivity contribution in [3.8, 4) is 11.4 Å². The van der Waals surface area contributed by atoms with E-state index in [-0.39, 0.29) is 6.61 Å². The number of hydrogen-bond donors (Lipinski definition) is 1. The molecule has 94 valence electrons. The van der Waals surface area contributed by atoms with E-state index in [4.69, 9.17) is 9.84 Å². The van der Waals surface area contributed by atoms with Crippen LogP contribution in [0.1, 0.15) is 11.6 Å². The van der Waals surface area contributed by atoms with Gasteiger partial charge in [0.15, 0.2) is 6.61 Å². The highest BCUT2D eigenvalue weighted by atomic mass is 16.5. The molecule has 0 radical (unpaired) electrons. The lowest BCUT2D eigenvalue weighted by Crippen LogP contribution is -2.09. The van der Waals surface area contributed by atoms with Gasteiger partial charge in [-0.2, -0.15) is 5.10 Å². The number of carboxylic acids is 1. The number of carboxylic acid groups (broad SMARTS) is 1. The number of aliphatic carboxylic acids is 1. The summed E-state index contributed by atoms with van der Waals surface area (Å²) < 4.78 is 6.77. The molecule has 0 bridgehead atoms. The monoisotopic (exact) mass is 247 g/mol. The molecule has 1 aromatic heterocycles. The van der Waals surface area contributed by atoms with E-state index < -0.39 is 5.97 Å². The van der Waals surface area contributed by atoms with E-state index >= 15 is 0 Å². The summed E-state index contributed by atoms with van der Waals surface area (Å²) in [5.41, 5.74) is 0.857. The number of aryl methyl sites for hydroxylation is 2. The topological polar surface area (TPSA) is 77.2 Å². The number of ether oxygens (including phenoxy) is 1. The molecule has 0 aliphatic carbocycles. The number of aromatic nitrogens is 3. The molecule has 18 heavy (non-hydrogen) atoms. The van der Waals surface area contributed by atoms with Gasteiger partial charge in [0.25, 0.3) is 0 Å². The summed E-state index contributed by atoms with van der Waals surface area (Å²) in [6, 6.07) is 7.01. The Labute approximate surface area is 104 Å². The summed E-state index contributed by atoms with van der Waals surface area (Å²) in [6.45, 7) is 3.35. The van der Waals surface area contributed by atoms with Crippen LogP contribution in [0.15, 0.2) is 24.3 Å². The van der Waals surface area contributed by atoms with E-state index in [9.17, 15) is 4.79 Å². The minimum atomic E-state index is -0.998. The van der Waals surface area contributed by atoms with Crippen LogP contribution in [0.2, 0.25) is 0 Å². The maximum Gasteiger partial charge on any atom is 0.341 e. The van der Waals surface area contributed by atoms with Crippen molar-refractivity contribution < 1.29 is 14.6 Å². The van der Waals surface area contributed by atoms with Gasteiger partial charge < -0.3 is 9.84 Å². The highest BCUT2D eigenvalue weighted by molar-refractivity contribution is 5.68. The van der Waals surface area contributed by atoms with Crippen LogP contribution >= 0.6 is 0 Å². The Morgan fingerprint density at radius 1 is 1.33 bits per heavy atom. The summed E-state index contributed by atoms with van der Waals surface area (Å²) in [5.74, 6) is 1.02. The molecule has 0 aliphatic rings. The van der Waals surface area contributed by atoms with Gasteiger partial charge in [-0.15, -0.1) is 0 Å². The first-order valence-corrected chi connectivity index (χ1v) is 5.41. The zero-order chi connectivity index (χ0) is 13.1. The summed E-state index contributed by atoms with van der Waals surface area (Å²) in [5, 5.41) is 12.8. The third kappa shape index (κ3) is 2.65. The third-order valence-corrected chi connectivity index (χ3v) is 2.32. The predicted octanol–water partition coefficient (Wildman–Crippen LogP) is 1.35. The maximum atomic E-state index is 10.4. The van der Waals surface area contributed by atoms with E-state index in [0.29, 0.717) is 11.6 Å². The number of rotatable bonds is 4. The minimum absolute atomic E-state index is 0.346. The fraction of sp³-hybridized carbons (Fsp3) is 0.250. The average Bonchev–Trinajstić information content (AvgIpc) is 2.66. The zero-order valence-electron chi connectivity index (χ0n) is 10.1. The molecule has 2 aromatic rings. The number of nitrogens with zero attached hydrogens (tertiary/aromatic N) is 3. The van der Waals surface area contributed by atoms with Gasteiger partial charge in [-0.3, -0.25) is 0 Å². The number of carbonyl (C=O) groups is 1. The van der Waals surface area contributed by atoms with Gasteiger partial charge in [0.05, 0.1) is 5.69 Å². The molecular weight excluding hydrogens is 234 g/mol. The Kier molecular flexibility index (Phi) is 3.27. The van der Waals surface area contributed by atoms with Gasteiger partial charge in [0.1, 0.15) is 17.4 Å². The normalized spacial score (nSPS) is 10.3. The van der Waals surface area contributed by atoms with Crippen LogP contribution < -0.4 is 4.74 Å². The van der Waals surface area contributed by atoms with Crippen molar-refractivity contribution in [3.63, 3.8) is 0 Å². The van der Waals surface area contributed by atoms with Gasteiger partial charge in [-0.25, -0.2) is 14.5 Å². The van der Waals surface area contributed by atoms with Crippen LogP contribution in [0, 0.1) is 13.8 Å². The second-order valence-electron chi connectivity index (χ2n) is 3.79. The van der Waals surface area contributed by atoms with Crippen molar-refractivity contribution in [2.45, 2.75) is 13.8 Å². The lowest BCUT2D eigenvalue weighted by atomic mass is 10.3. The van der Waals surface area contributed by atoms with Gasteiger partial charge in [0, 0.05) is 0 Å². The van der Waals surface area contributed by atoms with E-state index in [1.807, 2.05) is 13.8 Å². The molecular formula is C12H13N3O3. The molecule has 6 heteroatoms. The molecule has 1 aromatic carbocycles. The minimum Gasteiger partial charge on any atom is -0.482 e. The smallest absolute Gasteiger partial charge is 0.341 e. The third-order valence-electron chi connectivity index (χ3n) is 2.32. The van der Waals surface area contributed by atoms with Crippen LogP contribution in [0.4, 0.5) is 0 Å². The summed E-state index contributed by atoms with van der Waals surface area (Å²) in [6.07, 6.45) is 0. The Bertz CT molecular complexity index is 560. The van der Waals surface area contributed by atoms with Crippen molar-refractivity contribution in [1.82, 2.24) is 14.8 Å². The molecule has 1 N–H and O–H groups in total. The number of benzene rings is 1. The van der Waals surface area contributed by atoms with Crippen molar-refractivity contribution in [1.29, 1.82) is 0 Å². The lowest BCUT2D eigenvalue weighted by Gasteiger charge is -2.05. The Balaban J connectivity index is 2.17. The van der Waals surface area contributed by atoms with E-state index in [2.05, 4.69) is 10.1 Å². The van der Waals surface area contributed by atoms with Crippen LogP contribution in [0.3, 0.4) is 0 Å². The largest absolute Gasteiger partial charge is 0.482 e. The highest BCUT2D eigenvalue weighted by Crippen LogP contribution is 2.15. The fourth-order valence-electron chi connectivity index (χ4n) is 1.59. The molecule has 2 rings (SSSR count). The van der Waals surface area contributed by atoms with Crippen molar-refractivity contribution in [2.75, 3.05) is 6.61 Å². The highest BCUT2D eigenvalue weighted by Gasteiger charge is 2.05. The SMILES string of the molecule is Cc1nc(C)n(-c2ccc(OCC(=O)O)cc2)n1.